The fourth-order valence-corrected chi connectivity index (χ4v) is 1.03. The Morgan fingerprint density at radius 1 is 1.41 bits per heavy atom. The molecule has 3 N–H and O–H groups in total. The fourth-order valence-electron chi connectivity index (χ4n) is 1.03. The van der Waals surface area contributed by atoms with Gasteiger partial charge in [0.25, 0.3) is 0 Å². The predicted octanol–water partition coefficient (Wildman–Crippen LogP) is 2.00. The lowest BCUT2D eigenvalue weighted by Crippen LogP contribution is -2.02. The molecule has 0 aliphatic heterocycles. The normalized spacial score (nSPS) is 10.6. The van der Waals surface area contributed by atoms with Gasteiger partial charge < -0.3 is 15.6 Å². The van der Waals surface area contributed by atoms with Crippen molar-refractivity contribution in [1.29, 1.82) is 0 Å². The molecule has 0 aliphatic rings. The van der Waals surface area contributed by atoms with Crippen LogP contribution < -0.4 is 10.5 Å². The van der Waals surface area contributed by atoms with Crippen molar-refractivity contribution in [1.82, 2.24) is 0 Å². The minimum absolute atomic E-state index is 0. The topological polar surface area (TPSA) is 72.5 Å². The molecule has 0 bridgehead atoms. The van der Waals surface area contributed by atoms with Gasteiger partial charge in [-0.3, -0.25) is 0 Å². The molecule has 0 spiro atoms. The number of hydrogen-bond donors (Lipinski definition) is 2. The first-order valence-electron chi connectivity index (χ1n) is 4.64. The summed E-state index contributed by atoms with van der Waals surface area (Å²) in [5.41, 5.74) is 5.27. The van der Waals surface area contributed by atoms with E-state index in [1.54, 1.807) is 0 Å². The lowest BCUT2D eigenvalue weighted by atomic mass is 10.2. The highest BCUT2D eigenvalue weighted by Gasteiger charge is 2.02. The van der Waals surface area contributed by atoms with Crippen molar-refractivity contribution in [3.8, 4) is 5.75 Å². The Kier molecular flexibility index (Phi) is 6.93. The molecule has 0 atom stereocenters. The van der Waals surface area contributed by atoms with Gasteiger partial charge in [0.1, 0.15) is 18.2 Å². The summed E-state index contributed by atoms with van der Waals surface area (Å²) < 4.78 is 17.9. The molecule has 17 heavy (non-hydrogen) atoms. The van der Waals surface area contributed by atoms with Crippen molar-refractivity contribution in [2.45, 2.75) is 0 Å². The van der Waals surface area contributed by atoms with Crippen molar-refractivity contribution < 1.29 is 19.0 Å². The second-order valence-corrected chi connectivity index (χ2v) is 3.00. The number of carbonyl (C=O) groups is 1. The molecule has 0 amide bonds. The van der Waals surface area contributed by atoms with Crippen LogP contribution >= 0.6 is 12.4 Å². The Hall–Kier alpha value is -1.59. The van der Waals surface area contributed by atoms with Gasteiger partial charge in [-0.2, -0.15) is 0 Å². The van der Waals surface area contributed by atoms with Crippen LogP contribution in [0.3, 0.4) is 0 Å². The molecule has 6 heteroatoms. The van der Waals surface area contributed by atoms with Gasteiger partial charge in [0.15, 0.2) is 0 Å². The van der Waals surface area contributed by atoms with E-state index in [0.717, 1.165) is 0 Å². The monoisotopic (exact) mass is 261 g/mol. The molecular weight excluding hydrogens is 249 g/mol. The summed E-state index contributed by atoms with van der Waals surface area (Å²) in [7, 11) is 0. The summed E-state index contributed by atoms with van der Waals surface area (Å²) in [6.45, 7) is -0.0865. The Morgan fingerprint density at radius 2 is 2.00 bits per heavy atom. The van der Waals surface area contributed by atoms with E-state index in [9.17, 15) is 9.18 Å². The summed E-state index contributed by atoms with van der Waals surface area (Å²) in [5, 5.41) is 8.64. The highest BCUT2D eigenvalue weighted by Crippen LogP contribution is 2.13. The highest BCUT2D eigenvalue weighted by atomic mass is 35.5. The van der Waals surface area contributed by atoms with Crippen molar-refractivity contribution in [2.75, 3.05) is 13.2 Å². The molecule has 0 saturated heterocycles. The lowest BCUT2D eigenvalue weighted by Gasteiger charge is -2.04. The number of aromatic carboxylic acids is 1. The fraction of sp³-hybridized carbons (Fsp3) is 0.182. The Balaban J connectivity index is 0.00000256. The SMILES string of the molecule is Cl.NC/C=C(\F)COc1ccc(C(=O)O)cc1. The first kappa shape index (κ1) is 15.4. The van der Waals surface area contributed by atoms with Crippen LogP contribution in [0.5, 0.6) is 5.75 Å². The maximum Gasteiger partial charge on any atom is 0.335 e. The van der Waals surface area contributed by atoms with Gasteiger partial charge in [-0.05, 0) is 30.3 Å². The molecule has 0 fully saturated rings. The average Bonchev–Trinajstić information content (AvgIpc) is 2.27. The van der Waals surface area contributed by atoms with Gasteiger partial charge in [-0.15, -0.1) is 12.4 Å². The third-order valence-corrected chi connectivity index (χ3v) is 1.82. The number of halogens is 2. The van der Waals surface area contributed by atoms with Gasteiger partial charge in [0, 0.05) is 6.54 Å². The number of carboxylic acids is 1. The van der Waals surface area contributed by atoms with Gasteiger partial charge in [-0.1, -0.05) is 0 Å². The summed E-state index contributed by atoms with van der Waals surface area (Å²) >= 11 is 0. The van der Waals surface area contributed by atoms with E-state index < -0.39 is 11.8 Å². The predicted molar refractivity (Wildman–Crippen MR) is 64.4 cm³/mol. The first-order valence-corrected chi connectivity index (χ1v) is 4.64. The number of benzene rings is 1. The van der Waals surface area contributed by atoms with E-state index in [4.69, 9.17) is 15.6 Å². The summed E-state index contributed by atoms with van der Waals surface area (Å²) in [5.74, 6) is -1.06. The van der Waals surface area contributed by atoms with Crippen LogP contribution in [0.4, 0.5) is 4.39 Å². The maximum atomic E-state index is 12.9. The number of nitrogens with two attached hydrogens (primary N) is 1. The van der Waals surface area contributed by atoms with Gasteiger partial charge in [0.05, 0.1) is 5.56 Å². The third-order valence-electron chi connectivity index (χ3n) is 1.82. The molecule has 1 aromatic carbocycles. The van der Waals surface area contributed by atoms with Crippen LogP contribution in [-0.4, -0.2) is 24.2 Å². The first-order chi connectivity index (χ1) is 7.63. The van der Waals surface area contributed by atoms with Crippen LogP contribution in [0, 0.1) is 0 Å². The van der Waals surface area contributed by atoms with Crippen molar-refractivity contribution in [3.63, 3.8) is 0 Å². The minimum atomic E-state index is -1.01. The summed E-state index contributed by atoms with van der Waals surface area (Å²) in [6.07, 6.45) is 1.21. The minimum Gasteiger partial charge on any atom is -0.487 e. The van der Waals surface area contributed by atoms with Gasteiger partial charge >= 0.3 is 5.97 Å². The van der Waals surface area contributed by atoms with Gasteiger partial charge in [-0.25, -0.2) is 9.18 Å². The van der Waals surface area contributed by atoms with E-state index in [-0.39, 0.29) is 31.1 Å². The molecular formula is C11H13ClFNO3. The quantitative estimate of drug-likeness (QED) is 0.850. The third kappa shape index (κ3) is 5.33. The number of rotatable bonds is 5. The molecule has 0 aliphatic carbocycles. The molecule has 0 unspecified atom stereocenters. The van der Waals surface area contributed by atoms with Crippen LogP contribution in [0.2, 0.25) is 0 Å². The Morgan fingerprint density at radius 3 is 2.47 bits per heavy atom. The Bertz CT molecular complexity index is 392. The van der Waals surface area contributed by atoms with Crippen LogP contribution in [0.25, 0.3) is 0 Å². The largest absolute Gasteiger partial charge is 0.487 e. The van der Waals surface area contributed by atoms with Crippen LogP contribution in [0.1, 0.15) is 10.4 Å². The lowest BCUT2D eigenvalue weighted by molar-refractivity contribution is 0.0697. The van der Waals surface area contributed by atoms with E-state index in [1.807, 2.05) is 0 Å². The molecule has 0 saturated carbocycles. The van der Waals surface area contributed by atoms with Crippen molar-refractivity contribution in [3.05, 3.63) is 41.7 Å². The second kappa shape index (κ2) is 7.65. The molecule has 0 aromatic heterocycles. The molecule has 0 heterocycles. The molecule has 4 nitrogen and oxygen atoms in total. The molecule has 94 valence electrons. The zero-order valence-electron chi connectivity index (χ0n) is 8.93. The highest BCUT2D eigenvalue weighted by molar-refractivity contribution is 5.87. The van der Waals surface area contributed by atoms with E-state index in [2.05, 4.69) is 0 Å². The molecule has 1 rings (SSSR count). The second-order valence-electron chi connectivity index (χ2n) is 3.00. The molecule has 0 radical (unpaired) electrons. The van der Waals surface area contributed by atoms with Crippen LogP contribution in [0.15, 0.2) is 36.2 Å². The Labute approximate surface area is 104 Å². The zero-order chi connectivity index (χ0) is 12.0. The maximum absolute atomic E-state index is 12.9. The number of hydrogen-bond acceptors (Lipinski definition) is 3. The number of carboxylic acid groups (broad SMARTS) is 1. The average molecular weight is 262 g/mol. The van der Waals surface area contributed by atoms with E-state index >= 15 is 0 Å². The zero-order valence-corrected chi connectivity index (χ0v) is 9.74. The summed E-state index contributed by atoms with van der Waals surface area (Å²) in [4.78, 5) is 10.5. The standard InChI is InChI=1S/C11H12FNO3.ClH/c12-9(5-6-13)7-16-10-3-1-8(2-4-10)11(14)15;/h1-5H,6-7,13H2,(H,14,15);1H/b9-5-;. The van der Waals surface area contributed by atoms with Gasteiger partial charge in [0.2, 0.25) is 0 Å². The van der Waals surface area contributed by atoms with E-state index in [1.165, 1.54) is 30.3 Å². The smallest absolute Gasteiger partial charge is 0.335 e. The van der Waals surface area contributed by atoms with Crippen LogP contribution in [-0.2, 0) is 0 Å². The van der Waals surface area contributed by atoms with Crippen molar-refractivity contribution in [2.24, 2.45) is 5.73 Å². The summed E-state index contributed by atoms with van der Waals surface area (Å²) in [6, 6.07) is 5.72. The van der Waals surface area contributed by atoms with Crippen molar-refractivity contribution >= 4 is 18.4 Å². The molecule has 1 aromatic rings. The van der Waals surface area contributed by atoms with E-state index in [0.29, 0.717) is 5.75 Å². The number of ether oxygens (including phenoxy) is 1.